The Morgan fingerprint density at radius 1 is 0.964 bits per heavy atom. The van der Waals surface area contributed by atoms with E-state index in [1.165, 1.54) is 0 Å². The predicted octanol–water partition coefficient (Wildman–Crippen LogP) is 1.70. The maximum atomic E-state index is 6.22. The standard InChI is InChI=1S/C20H25N7O/c21-18-17-19(27(14-22-17)16-4-2-1-3-5-16)24-20(23-18)26-8-6-15(7-9-26)25-10-12-28-13-11-25/h1-5,14-15H,6-13H2,(H2,21,23,24). The van der Waals surface area contributed by atoms with Crippen LogP contribution in [0, 0.1) is 0 Å². The lowest BCUT2D eigenvalue weighted by Gasteiger charge is -2.40. The van der Waals surface area contributed by atoms with Gasteiger partial charge in [0.05, 0.1) is 13.2 Å². The molecule has 0 aliphatic carbocycles. The number of nitrogens with zero attached hydrogens (tertiary/aromatic N) is 6. The minimum atomic E-state index is 0.435. The second kappa shape index (κ2) is 7.37. The van der Waals surface area contributed by atoms with Gasteiger partial charge < -0.3 is 15.4 Å². The van der Waals surface area contributed by atoms with Crippen molar-refractivity contribution < 1.29 is 4.74 Å². The van der Waals surface area contributed by atoms with E-state index in [1.54, 1.807) is 6.33 Å². The fourth-order valence-electron chi connectivity index (χ4n) is 4.20. The summed E-state index contributed by atoms with van der Waals surface area (Å²) in [6, 6.07) is 10.7. The zero-order chi connectivity index (χ0) is 18.9. The molecule has 0 unspecified atom stereocenters. The number of piperidine rings is 1. The number of hydrogen-bond donors (Lipinski definition) is 1. The van der Waals surface area contributed by atoms with Crippen molar-refractivity contribution in [3.63, 3.8) is 0 Å². The molecule has 8 heteroatoms. The summed E-state index contributed by atoms with van der Waals surface area (Å²) in [6.45, 7) is 5.64. The number of imidazole rings is 1. The van der Waals surface area contributed by atoms with Crippen molar-refractivity contribution in [2.45, 2.75) is 18.9 Å². The van der Waals surface area contributed by atoms with Gasteiger partial charge in [0.25, 0.3) is 0 Å². The van der Waals surface area contributed by atoms with E-state index in [4.69, 9.17) is 15.5 Å². The molecule has 2 N–H and O–H groups in total. The van der Waals surface area contributed by atoms with Crippen molar-refractivity contribution in [3.8, 4) is 5.69 Å². The van der Waals surface area contributed by atoms with Gasteiger partial charge in [0.15, 0.2) is 17.0 Å². The highest BCUT2D eigenvalue weighted by Crippen LogP contribution is 2.26. The number of anilines is 2. The van der Waals surface area contributed by atoms with Crippen LogP contribution in [0.4, 0.5) is 11.8 Å². The molecule has 1 aromatic carbocycles. The van der Waals surface area contributed by atoms with Gasteiger partial charge in [-0.05, 0) is 25.0 Å². The van der Waals surface area contributed by atoms with Crippen LogP contribution in [0.5, 0.6) is 0 Å². The highest BCUT2D eigenvalue weighted by Gasteiger charge is 2.27. The fraction of sp³-hybridized carbons (Fsp3) is 0.450. The van der Waals surface area contributed by atoms with Crippen LogP contribution in [0.3, 0.4) is 0 Å². The number of hydrogen-bond acceptors (Lipinski definition) is 7. The van der Waals surface area contributed by atoms with Gasteiger partial charge in [0.2, 0.25) is 5.95 Å². The average Bonchev–Trinajstić information content (AvgIpc) is 3.20. The fourth-order valence-corrected chi connectivity index (χ4v) is 4.20. The molecule has 8 nitrogen and oxygen atoms in total. The lowest BCUT2D eigenvalue weighted by atomic mass is 10.0. The molecule has 28 heavy (non-hydrogen) atoms. The lowest BCUT2D eigenvalue weighted by molar-refractivity contribution is 0.0114. The Kier molecular flexibility index (Phi) is 4.58. The van der Waals surface area contributed by atoms with Gasteiger partial charge in [-0.3, -0.25) is 9.47 Å². The van der Waals surface area contributed by atoms with Crippen LogP contribution in [0.15, 0.2) is 36.7 Å². The summed E-state index contributed by atoms with van der Waals surface area (Å²) < 4.78 is 7.45. The molecule has 0 saturated carbocycles. The molecule has 2 aromatic heterocycles. The highest BCUT2D eigenvalue weighted by atomic mass is 16.5. The molecule has 0 atom stereocenters. The molecule has 0 bridgehead atoms. The molecule has 2 aliphatic rings. The van der Waals surface area contributed by atoms with Gasteiger partial charge in [0.1, 0.15) is 6.33 Å². The normalized spacial score (nSPS) is 19.4. The smallest absolute Gasteiger partial charge is 0.229 e. The molecule has 3 aromatic rings. The van der Waals surface area contributed by atoms with E-state index in [1.807, 2.05) is 34.9 Å². The van der Waals surface area contributed by atoms with E-state index in [0.717, 1.165) is 63.6 Å². The van der Waals surface area contributed by atoms with Crippen molar-refractivity contribution in [1.82, 2.24) is 24.4 Å². The van der Waals surface area contributed by atoms with Gasteiger partial charge in [-0.2, -0.15) is 9.97 Å². The summed E-state index contributed by atoms with van der Waals surface area (Å²) in [7, 11) is 0. The largest absolute Gasteiger partial charge is 0.382 e. The highest BCUT2D eigenvalue weighted by molar-refractivity contribution is 5.84. The first kappa shape index (κ1) is 17.4. The SMILES string of the molecule is Nc1nc(N2CCC(N3CCOCC3)CC2)nc2c1ncn2-c1ccccc1. The first-order valence-electron chi connectivity index (χ1n) is 9.92. The summed E-state index contributed by atoms with van der Waals surface area (Å²) in [5.41, 5.74) is 8.64. The van der Waals surface area contributed by atoms with E-state index in [-0.39, 0.29) is 0 Å². The molecular formula is C20H25N7O. The van der Waals surface area contributed by atoms with Crippen LogP contribution >= 0.6 is 0 Å². The Balaban J connectivity index is 1.39. The third kappa shape index (κ3) is 3.18. The van der Waals surface area contributed by atoms with Crippen molar-refractivity contribution >= 4 is 22.9 Å². The number of nitrogens with two attached hydrogens (primary N) is 1. The molecular weight excluding hydrogens is 354 g/mol. The van der Waals surface area contributed by atoms with Gasteiger partial charge in [0, 0.05) is 37.9 Å². The van der Waals surface area contributed by atoms with E-state index < -0.39 is 0 Å². The third-order valence-electron chi connectivity index (χ3n) is 5.76. The zero-order valence-corrected chi connectivity index (χ0v) is 15.9. The Bertz CT molecular complexity index is 944. The average molecular weight is 379 g/mol. The van der Waals surface area contributed by atoms with E-state index >= 15 is 0 Å². The minimum absolute atomic E-state index is 0.435. The second-order valence-electron chi connectivity index (χ2n) is 7.40. The van der Waals surface area contributed by atoms with Crippen LogP contribution in [0.25, 0.3) is 16.9 Å². The lowest BCUT2D eigenvalue weighted by Crippen LogP contribution is -2.49. The second-order valence-corrected chi connectivity index (χ2v) is 7.40. The summed E-state index contributed by atoms with van der Waals surface area (Å²) in [6.07, 6.45) is 3.98. The Hall–Kier alpha value is -2.71. The molecule has 5 rings (SSSR count). The Morgan fingerprint density at radius 3 is 2.46 bits per heavy atom. The van der Waals surface area contributed by atoms with Gasteiger partial charge >= 0.3 is 0 Å². The maximum absolute atomic E-state index is 6.22. The maximum Gasteiger partial charge on any atom is 0.229 e. The number of morpholine rings is 1. The third-order valence-corrected chi connectivity index (χ3v) is 5.76. The Morgan fingerprint density at radius 2 is 1.71 bits per heavy atom. The Labute approximate surface area is 163 Å². The number of aromatic nitrogens is 4. The summed E-state index contributed by atoms with van der Waals surface area (Å²) in [5.74, 6) is 1.13. The molecule has 4 heterocycles. The predicted molar refractivity (Wildman–Crippen MR) is 109 cm³/mol. The van der Waals surface area contributed by atoms with Crippen LogP contribution in [0.1, 0.15) is 12.8 Å². The van der Waals surface area contributed by atoms with E-state index in [9.17, 15) is 0 Å². The van der Waals surface area contributed by atoms with Crippen molar-refractivity contribution in [1.29, 1.82) is 0 Å². The molecule has 2 saturated heterocycles. The van der Waals surface area contributed by atoms with Gasteiger partial charge in [-0.25, -0.2) is 4.98 Å². The van der Waals surface area contributed by atoms with E-state index in [2.05, 4.69) is 19.8 Å². The first-order valence-corrected chi connectivity index (χ1v) is 9.92. The van der Waals surface area contributed by atoms with Crippen LogP contribution in [-0.4, -0.2) is 69.9 Å². The van der Waals surface area contributed by atoms with Crippen LogP contribution in [0.2, 0.25) is 0 Å². The number of benzene rings is 1. The van der Waals surface area contributed by atoms with Crippen LogP contribution < -0.4 is 10.6 Å². The molecule has 2 aliphatic heterocycles. The number of ether oxygens (including phenoxy) is 1. The van der Waals surface area contributed by atoms with Crippen molar-refractivity contribution in [3.05, 3.63) is 36.7 Å². The van der Waals surface area contributed by atoms with Crippen LogP contribution in [-0.2, 0) is 4.74 Å². The first-order chi connectivity index (χ1) is 13.8. The molecule has 0 amide bonds. The number of para-hydroxylation sites is 1. The molecule has 0 spiro atoms. The molecule has 146 valence electrons. The van der Waals surface area contributed by atoms with Crippen molar-refractivity contribution in [2.75, 3.05) is 50.0 Å². The number of fused-ring (bicyclic) bond motifs is 1. The van der Waals surface area contributed by atoms with E-state index in [0.29, 0.717) is 23.3 Å². The van der Waals surface area contributed by atoms with Gasteiger partial charge in [-0.1, -0.05) is 18.2 Å². The minimum Gasteiger partial charge on any atom is -0.382 e. The molecule has 2 fully saturated rings. The number of nitrogen functional groups attached to an aromatic ring is 1. The molecule has 0 radical (unpaired) electrons. The van der Waals surface area contributed by atoms with Crippen molar-refractivity contribution in [2.24, 2.45) is 0 Å². The summed E-state index contributed by atoms with van der Waals surface area (Å²) in [4.78, 5) is 18.6. The quantitative estimate of drug-likeness (QED) is 0.741. The zero-order valence-electron chi connectivity index (χ0n) is 15.9. The summed E-state index contributed by atoms with van der Waals surface area (Å²) in [5, 5.41) is 0. The number of rotatable bonds is 3. The summed E-state index contributed by atoms with van der Waals surface area (Å²) >= 11 is 0. The van der Waals surface area contributed by atoms with Gasteiger partial charge in [-0.15, -0.1) is 0 Å². The monoisotopic (exact) mass is 379 g/mol. The topological polar surface area (TPSA) is 85.3 Å².